The topological polar surface area (TPSA) is 91.4 Å². The molecule has 30 heavy (non-hydrogen) atoms. The molecule has 0 unspecified atom stereocenters. The van der Waals surface area contributed by atoms with E-state index >= 15 is 0 Å². The minimum atomic E-state index is -3.50. The molecule has 1 aromatic heterocycles. The van der Waals surface area contributed by atoms with Crippen LogP contribution >= 0.6 is 11.3 Å². The van der Waals surface area contributed by atoms with Gasteiger partial charge in [0.15, 0.2) is 0 Å². The van der Waals surface area contributed by atoms with Gasteiger partial charge in [-0.3, -0.25) is 15.6 Å². The number of hydrazine groups is 1. The normalized spacial score (nSPS) is 15.3. The molecule has 9 heteroatoms. The SMILES string of the molecule is Cc1cc(C)c2sc(NNC(=O)c3ccc(S(=O)(=O)N4CCCCC4)cc3)nc2c1. The molecule has 1 fully saturated rings. The van der Waals surface area contributed by atoms with E-state index in [4.69, 9.17) is 0 Å². The van der Waals surface area contributed by atoms with Crippen molar-refractivity contribution in [2.75, 3.05) is 18.5 Å². The summed E-state index contributed by atoms with van der Waals surface area (Å²) in [4.78, 5) is 17.2. The molecule has 2 heterocycles. The van der Waals surface area contributed by atoms with Crippen LogP contribution in [0.15, 0.2) is 41.3 Å². The van der Waals surface area contributed by atoms with Crippen LogP contribution in [0, 0.1) is 13.8 Å². The average molecular weight is 445 g/mol. The maximum atomic E-state index is 12.7. The molecule has 1 amide bonds. The first-order chi connectivity index (χ1) is 14.3. The minimum absolute atomic E-state index is 0.214. The Kier molecular flexibility index (Phi) is 5.77. The van der Waals surface area contributed by atoms with Crippen molar-refractivity contribution >= 4 is 42.6 Å². The number of anilines is 1. The Labute approximate surface area is 180 Å². The van der Waals surface area contributed by atoms with Crippen LogP contribution < -0.4 is 10.9 Å². The molecule has 0 atom stereocenters. The fourth-order valence-electron chi connectivity index (χ4n) is 3.65. The predicted octanol–water partition coefficient (Wildman–Crippen LogP) is 3.84. The van der Waals surface area contributed by atoms with Gasteiger partial charge in [-0.2, -0.15) is 4.31 Å². The highest BCUT2D eigenvalue weighted by atomic mass is 32.2. The number of nitrogens with zero attached hydrogens (tertiary/aromatic N) is 2. The van der Waals surface area contributed by atoms with Crippen LogP contribution in [0.4, 0.5) is 5.13 Å². The highest BCUT2D eigenvalue weighted by molar-refractivity contribution is 7.89. The van der Waals surface area contributed by atoms with Gasteiger partial charge < -0.3 is 0 Å². The van der Waals surface area contributed by atoms with Gasteiger partial charge in [-0.25, -0.2) is 13.4 Å². The number of rotatable bonds is 5. The van der Waals surface area contributed by atoms with Gasteiger partial charge in [-0.1, -0.05) is 23.8 Å². The lowest BCUT2D eigenvalue weighted by Crippen LogP contribution is -2.35. The summed E-state index contributed by atoms with van der Waals surface area (Å²) in [7, 11) is -3.50. The third-order valence-corrected chi connectivity index (χ3v) is 8.21. The van der Waals surface area contributed by atoms with Crippen molar-refractivity contribution in [3.63, 3.8) is 0 Å². The Morgan fingerprint density at radius 2 is 1.77 bits per heavy atom. The van der Waals surface area contributed by atoms with Gasteiger partial charge in [0.05, 0.1) is 15.1 Å². The summed E-state index contributed by atoms with van der Waals surface area (Å²) in [5, 5.41) is 0.594. The number of nitrogens with one attached hydrogen (secondary N) is 2. The van der Waals surface area contributed by atoms with Crippen LogP contribution in [0.2, 0.25) is 0 Å². The lowest BCUT2D eigenvalue weighted by atomic mass is 10.1. The number of piperidine rings is 1. The van der Waals surface area contributed by atoms with Crippen molar-refractivity contribution < 1.29 is 13.2 Å². The van der Waals surface area contributed by atoms with Crippen molar-refractivity contribution in [1.82, 2.24) is 14.7 Å². The van der Waals surface area contributed by atoms with E-state index in [1.807, 2.05) is 19.9 Å². The van der Waals surface area contributed by atoms with Crippen molar-refractivity contribution in [2.45, 2.75) is 38.0 Å². The van der Waals surface area contributed by atoms with Crippen LogP contribution in [0.3, 0.4) is 0 Å². The summed E-state index contributed by atoms with van der Waals surface area (Å²) in [6, 6.07) is 10.1. The molecule has 2 aromatic carbocycles. The van der Waals surface area contributed by atoms with Crippen molar-refractivity contribution in [3.8, 4) is 0 Å². The first-order valence-electron chi connectivity index (χ1n) is 9.89. The lowest BCUT2D eigenvalue weighted by molar-refractivity contribution is 0.0962. The van der Waals surface area contributed by atoms with Crippen molar-refractivity contribution in [1.29, 1.82) is 0 Å². The van der Waals surface area contributed by atoms with Crippen LogP contribution in [-0.2, 0) is 10.0 Å². The number of hydrogen-bond donors (Lipinski definition) is 2. The molecule has 0 saturated carbocycles. The zero-order chi connectivity index (χ0) is 21.3. The van der Waals surface area contributed by atoms with Gasteiger partial charge >= 0.3 is 0 Å². The van der Waals surface area contributed by atoms with Crippen LogP contribution in [0.1, 0.15) is 40.7 Å². The highest BCUT2D eigenvalue weighted by Crippen LogP contribution is 2.29. The summed E-state index contributed by atoms with van der Waals surface area (Å²) in [5.41, 5.74) is 9.03. The minimum Gasteiger partial charge on any atom is -0.273 e. The molecule has 4 rings (SSSR count). The van der Waals surface area contributed by atoms with Crippen molar-refractivity contribution in [2.24, 2.45) is 0 Å². The number of benzene rings is 2. The summed E-state index contributed by atoms with van der Waals surface area (Å²) < 4.78 is 28.0. The maximum Gasteiger partial charge on any atom is 0.269 e. The van der Waals surface area contributed by atoms with E-state index in [1.54, 1.807) is 0 Å². The summed E-state index contributed by atoms with van der Waals surface area (Å²) in [5.74, 6) is -0.357. The second-order valence-electron chi connectivity index (χ2n) is 7.52. The molecular weight excluding hydrogens is 420 g/mol. The van der Waals surface area contributed by atoms with E-state index in [-0.39, 0.29) is 10.8 Å². The third-order valence-electron chi connectivity index (χ3n) is 5.17. The van der Waals surface area contributed by atoms with E-state index in [1.165, 1.54) is 39.9 Å². The molecule has 158 valence electrons. The third kappa shape index (κ3) is 4.19. The van der Waals surface area contributed by atoms with Crippen molar-refractivity contribution in [3.05, 3.63) is 53.1 Å². The standard InChI is InChI=1S/C21H24N4O3S2/c1-14-12-15(2)19-18(13-14)22-21(29-19)24-23-20(26)16-6-8-17(9-7-16)30(27,28)25-10-4-3-5-11-25/h6-9,12-13H,3-5,10-11H2,1-2H3,(H,22,24)(H,23,26). The molecule has 0 spiro atoms. The Morgan fingerprint density at radius 1 is 1.07 bits per heavy atom. The lowest BCUT2D eigenvalue weighted by Gasteiger charge is -2.25. The number of sulfonamides is 1. The number of thiazole rings is 1. The molecule has 1 saturated heterocycles. The molecule has 7 nitrogen and oxygen atoms in total. The first kappa shape index (κ1) is 20.8. The summed E-state index contributed by atoms with van der Waals surface area (Å²) >= 11 is 1.47. The summed E-state index contributed by atoms with van der Waals surface area (Å²) in [6.07, 6.45) is 2.83. The fraction of sp³-hybridized carbons (Fsp3) is 0.333. The van der Waals surface area contributed by atoms with Gasteiger partial charge in [-0.05, 0) is 68.1 Å². The van der Waals surface area contributed by atoms with E-state index in [2.05, 4.69) is 21.9 Å². The number of amides is 1. The number of carbonyl (C=O) groups excluding carboxylic acids is 1. The Balaban J connectivity index is 1.43. The van der Waals surface area contributed by atoms with Gasteiger partial charge in [0.2, 0.25) is 15.2 Å². The quantitative estimate of drug-likeness (QED) is 0.584. The molecule has 1 aliphatic rings. The van der Waals surface area contributed by atoms with Gasteiger partial charge in [0.1, 0.15) is 0 Å². The fourth-order valence-corrected chi connectivity index (χ4v) is 6.03. The number of fused-ring (bicyclic) bond motifs is 1. The molecular formula is C21H24N4O3S2. The Bertz CT molecular complexity index is 1180. The largest absolute Gasteiger partial charge is 0.273 e. The average Bonchev–Trinajstić information content (AvgIpc) is 3.16. The zero-order valence-corrected chi connectivity index (χ0v) is 18.6. The molecule has 0 bridgehead atoms. The van der Waals surface area contributed by atoms with E-state index in [0.717, 1.165) is 40.6 Å². The van der Waals surface area contributed by atoms with E-state index < -0.39 is 10.0 Å². The van der Waals surface area contributed by atoms with E-state index in [9.17, 15) is 13.2 Å². The smallest absolute Gasteiger partial charge is 0.269 e. The zero-order valence-electron chi connectivity index (χ0n) is 16.9. The highest BCUT2D eigenvalue weighted by Gasteiger charge is 2.25. The van der Waals surface area contributed by atoms with Crippen LogP contribution in [0.25, 0.3) is 10.2 Å². The Hall–Kier alpha value is -2.49. The number of aromatic nitrogens is 1. The Morgan fingerprint density at radius 3 is 2.47 bits per heavy atom. The monoisotopic (exact) mass is 444 g/mol. The maximum absolute atomic E-state index is 12.7. The molecule has 3 aromatic rings. The molecule has 2 N–H and O–H groups in total. The molecule has 1 aliphatic heterocycles. The number of carbonyl (C=O) groups is 1. The van der Waals surface area contributed by atoms with Gasteiger partial charge in [0.25, 0.3) is 5.91 Å². The second-order valence-corrected chi connectivity index (χ2v) is 10.5. The second kappa shape index (κ2) is 8.33. The first-order valence-corrected chi connectivity index (χ1v) is 12.1. The number of hydrogen-bond acceptors (Lipinski definition) is 6. The van der Waals surface area contributed by atoms with Crippen LogP contribution in [0.5, 0.6) is 0 Å². The predicted molar refractivity (Wildman–Crippen MR) is 119 cm³/mol. The molecule has 0 aliphatic carbocycles. The molecule has 0 radical (unpaired) electrons. The van der Waals surface area contributed by atoms with E-state index in [0.29, 0.717) is 23.8 Å². The van der Waals surface area contributed by atoms with Crippen LogP contribution in [-0.4, -0.2) is 36.7 Å². The number of aryl methyl sites for hydroxylation is 2. The van der Waals surface area contributed by atoms with Gasteiger partial charge in [0, 0.05) is 18.7 Å². The van der Waals surface area contributed by atoms with Gasteiger partial charge in [-0.15, -0.1) is 0 Å². The summed E-state index contributed by atoms with van der Waals surface area (Å²) in [6.45, 7) is 5.16.